The highest BCUT2D eigenvalue weighted by Gasteiger charge is 2.30. The molecule has 1 saturated heterocycles. The van der Waals surface area contributed by atoms with Gasteiger partial charge in [-0.1, -0.05) is 30.3 Å². The van der Waals surface area contributed by atoms with Crippen molar-refractivity contribution in [3.63, 3.8) is 0 Å². The molecule has 1 amide bonds. The van der Waals surface area contributed by atoms with Crippen LogP contribution in [0.3, 0.4) is 0 Å². The standard InChI is InChI=1S/C21H22N4O3S/c1-27-18-9-8-14(10-19(18)28-2)17-12-29-21(22-17)23-20(26)16-11-15(24-25-16)13-6-4-3-5-7-13/h3-10,12,15-16,24-25H,11H2,1-2H3,(H,22,23,26). The number of methoxy groups -OCH3 is 2. The molecule has 1 aromatic heterocycles. The minimum Gasteiger partial charge on any atom is -0.493 e. The Kier molecular flexibility index (Phi) is 5.75. The van der Waals surface area contributed by atoms with Gasteiger partial charge in [-0.05, 0) is 30.2 Å². The number of nitrogens with one attached hydrogen (secondary N) is 3. The van der Waals surface area contributed by atoms with Crippen LogP contribution < -0.4 is 25.6 Å². The summed E-state index contributed by atoms with van der Waals surface area (Å²) in [6, 6.07) is 15.5. The molecule has 1 fully saturated rings. The Morgan fingerprint density at radius 1 is 1.10 bits per heavy atom. The second-order valence-corrected chi connectivity index (χ2v) is 7.50. The number of ether oxygens (including phenoxy) is 2. The number of benzene rings is 2. The van der Waals surface area contributed by atoms with Crippen LogP contribution in [0.2, 0.25) is 0 Å². The maximum absolute atomic E-state index is 12.6. The Morgan fingerprint density at radius 3 is 2.66 bits per heavy atom. The lowest BCUT2D eigenvalue weighted by Gasteiger charge is -2.09. The van der Waals surface area contributed by atoms with Crippen LogP contribution in [-0.4, -0.2) is 31.2 Å². The summed E-state index contributed by atoms with van der Waals surface area (Å²) in [5, 5.41) is 5.37. The van der Waals surface area contributed by atoms with E-state index in [-0.39, 0.29) is 18.0 Å². The molecule has 7 nitrogen and oxygen atoms in total. The second kappa shape index (κ2) is 8.60. The maximum atomic E-state index is 12.6. The van der Waals surface area contributed by atoms with Crippen LogP contribution in [0.5, 0.6) is 11.5 Å². The molecule has 2 heterocycles. The van der Waals surface area contributed by atoms with Crippen LogP contribution in [0.4, 0.5) is 5.13 Å². The van der Waals surface area contributed by atoms with Crippen molar-refractivity contribution in [2.24, 2.45) is 0 Å². The summed E-state index contributed by atoms with van der Waals surface area (Å²) in [6.45, 7) is 0. The van der Waals surface area contributed by atoms with Crippen LogP contribution >= 0.6 is 11.3 Å². The molecule has 1 aliphatic rings. The molecular weight excluding hydrogens is 388 g/mol. The number of carbonyl (C=O) groups is 1. The minimum absolute atomic E-state index is 0.102. The van der Waals surface area contributed by atoms with E-state index in [1.807, 2.05) is 41.8 Å². The fourth-order valence-corrected chi connectivity index (χ4v) is 4.01. The van der Waals surface area contributed by atoms with E-state index >= 15 is 0 Å². The molecule has 150 valence electrons. The lowest BCUT2D eigenvalue weighted by molar-refractivity contribution is -0.117. The Labute approximate surface area is 173 Å². The SMILES string of the molecule is COc1ccc(-c2csc(NC(=O)C3CC(c4ccccc4)NN3)n2)cc1OC. The number of amides is 1. The van der Waals surface area contributed by atoms with Crippen molar-refractivity contribution in [2.45, 2.75) is 18.5 Å². The van der Waals surface area contributed by atoms with E-state index in [4.69, 9.17) is 9.47 Å². The highest BCUT2D eigenvalue weighted by atomic mass is 32.1. The normalized spacial score (nSPS) is 18.4. The van der Waals surface area contributed by atoms with Crippen LogP contribution in [0.15, 0.2) is 53.9 Å². The van der Waals surface area contributed by atoms with E-state index in [9.17, 15) is 4.79 Å². The largest absolute Gasteiger partial charge is 0.493 e. The minimum atomic E-state index is -0.325. The maximum Gasteiger partial charge on any atom is 0.244 e. The lowest BCUT2D eigenvalue weighted by atomic mass is 10.0. The van der Waals surface area contributed by atoms with Gasteiger partial charge in [0.2, 0.25) is 5.91 Å². The number of carbonyl (C=O) groups excluding carboxylic acids is 1. The van der Waals surface area contributed by atoms with E-state index in [0.717, 1.165) is 16.8 Å². The van der Waals surface area contributed by atoms with Gasteiger partial charge in [0.1, 0.15) is 6.04 Å². The lowest BCUT2D eigenvalue weighted by Crippen LogP contribution is -2.39. The molecule has 29 heavy (non-hydrogen) atoms. The summed E-state index contributed by atoms with van der Waals surface area (Å²) in [5.74, 6) is 1.19. The molecule has 2 unspecified atom stereocenters. The third-order valence-electron chi connectivity index (χ3n) is 4.84. The third-order valence-corrected chi connectivity index (χ3v) is 5.59. The van der Waals surface area contributed by atoms with Crippen molar-refractivity contribution in [1.29, 1.82) is 0 Å². The van der Waals surface area contributed by atoms with Crippen molar-refractivity contribution >= 4 is 22.4 Å². The summed E-state index contributed by atoms with van der Waals surface area (Å²) in [6.07, 6.45) is 0.670. The van der Waals surface area contributed by atoms with E-state index in [1.165, 1.54) is 11.3 Å². The zero-order valence-corrected chi connectivity index (χ0v) is 17.0. The summed E-state index contributed by atoms with van der Waals surface area (Å²) >= 11 is 1.39. The van der Waals surface area contributed by atoms with Gasteiger partial charge in [0.05, 0.1) is 19.9 Å². The number of anilines is 1. The van der Waals surface area contributed by atoms with E-state index < -0.39 is 0 Å². The Bertz CT molecular complexity index is 993. The predicted octanol–water partition coefficient (Wildman–Crippen LogP) is 3.37. The third kappa shape index (κ3) is 4.24. The zero-order chi connectivity index (χ0) is 20.2. The first-order valence-electron chi connectivity index (χ1n) is 9.22. The molecule has 0 aliphatic carbocycles. The Hall–Kier alpha value is -2.94. The van der Waals surface area contributed by atoms with Gasteiger partial charge in [-0.3, -0.25) is 4.79 Å². The Balaban J connectivity index is 1.41. The summed E-state index contributed by atoms with van der Waals surface area (Å²) in [7, 11) is 3.20. The number of nitrogens with zero attached hydrogens (tertiary/aromatic N) is 1. The van der Waals surface area contributed by atoms with E-state index in [2.05, 4.69) is 33.3 Å². The van der Waals surface area contributed by atoms with Crippen molar-refractivity contribution in [1.82, 2.24) is 15.8 Å². The van der Waals surface area contributed by atoms with Crippen molar-refractivity contribution < 1.29 is 14.3 Å². The molecule has 4 rings (SSSR count). The van der Waals surface area contributed by atoms with Gasteiger partial charge in [-0.2, -0.15) is 0 Å². The van der Waals surface area contributed by atoms with Crippen LogP contribution in [0, 0.1) is 0 Å². The monoisotopic (exact) mass is 410 g/mol. The van der Waals surface area contributed by atoms with Crippen molar-refractivity contribution in [2.75, 3.05) is 19.5 Å². The molecule has 0 radical (unpaired) electrons. The molecule has 3 aromatic rings. The highest BCUT2D eigenvalue weighted by Crippen LogP contribution is 2.33. The number of aromatic nitrogens is 1. The molecule has 2 aromatic carbocycles. The summed E-state index contributed by atoms with van der Waals surface area (Å²) in [4.78, 5) is 17.2. The molecule has 3 N–H and O–H groups in total. The predicted molar refractivity (Wildman–Crippen MR) is 113 cm³/mol. The molecule has 0 bridgehead atoms. The fraction of sp³-hybridized carbons (Fsp3) is 0.238. The van der Waals surface area contributed by atoms with E-state index in [1.54, 1.807) is 14.2 Å². The molecule has 8 heteroatoms. The van der Waals surface area contributed by atoms with Crippen LogP contribution in [0.25, 0.3) is 11.3 Å². The van der Waals surface area contributed by atoms with Gasteiger partial charge in [-0.15, -0.1) is 11.3 Å². The zero-order valence-electron chi connectivity index (χ0n) is 16.1. The fourth-order valence-electron chi connectivity index (χ4n) is 3.28. The smallest absolute Gasteiger partial charge is 0.244 e. The van der Waals surface area contributed by atoms with Crippen LogP contribution in [-0.2, 0) is 4.79 Å². The number of hydrazine groups is 1. The first kappa shape index (κ1) is 19.4. The molecule has 0 spiro atoms. The molecular formula is C21H22N4O3S. The van der Waals surface area contributed by atoms with Gasteiger partial charge in [-0.25, -0.2) is 15.8 Å². The molecule has 2 atom stereocenters. The molecule has 0 saturated carbocycles. The number of rotatable bonds is 6. The number of hydrogen-bond acceptors (Lipinski definition) is 7. The summed E-state index contributed by atoms with van der Waals surface area (Å²) in [5.41, 5.74) is 9.08. The Morgan fingerprint density at radius 2 is 1.90 bits per heavy atom. The average molecular weight is 410 g/mol. The average Bonchev–Trinajstić information content (AvgIpc) is 3.44. The van der Waals surface area contributed by atoms with Gasteiger partial charge < -0.3 is 14.8 Å². The second-order valence-electron chi connectivity index (χ2n) is 6.64. The van der Waals surface area contributed by atoms with Gasteiger partial charge >= 0.3 is 0 Å². The topological polar surface area (TPSA) is 84.5 Å². The van der Waals surface area contributed by atoms with Gasteiger partial charge in [0.15, 0.2) is 16.6 Å². The number of thiazole rings is 1. The highest BCUT2D eigenvalue weighted by molar-refractivity contribution is 7.14. The van der Waals surface area contributed by atoms with Crippen LogP contribution in [0.1, 0.15) is 18.0 Å². The quantitative estimate of drug-likeness (QED) is 0.578. The number of hydrogen-bond donors (Lipinski definition) is 3. The summed E-state index contributed by atoms with van der Waals surface area (Å²) < 4.78 is 10.6. The van der Waals surface area contributed by atoms with Gasteiger partial charge in [0, 0.05) is 17.0 Å². The van der Waals surface area contributed by atoms with E-state index in [0.29, 0.717) is 23.1 Å². The van der Waals surface area contributed by atoms with Crippen molar-refractivity contribution in [3.8, 4) is 22.8 Å². The van der Waals surface area contributed by atoms with Crippen molar-refractivity contribution in [3.05, 3.63) is 59.5 Å². The first-order valence-corrected chi connectivity index (χ1v) is 10.1. The first-order chi connectivity index (χ1) is 14.2. The van der Waals surface area contributed by atoms with Gasteiger partial charge in [0.25, 0.3) is 0 Å². The molecule has 1 aliphatic heterocycles.